The lowest BCUT2D eigenvalue weighted by Crippen LogP contribution is -2.47. The van der Waals surface area contributed by atoms with Crippen LogP contribution in [0.15, 0.2) is 18.2 Å². The monoisotopic (exact) mass is 312 g/mol. The van der Waals surface area contributed by atoms with Crippen molar-refractivity contribution in [1.82, 2.24) is 0 Å². The molecule has 2 nitrogen and oxygen atoms in total. The SMILES string of the molecule is COc1ccc2c(c1)CC[C@@H]1[C@@H]2CC[C@@]2(C)[C@H]1C[C@H]1C[C@]12OC. The maximum atomic E-state index is 6.11. The Bertz CT molecular complexity index is 649. The molecular weight excluding hydrogens is 284 g/mol. The number of aryl methyl sites for hydroxylation is 1. The first kappa shape index (κ1) is 14.3. The molecule has 0 spiro atoms. The summed E-state index contributed by atoms with van der Waals surface area (Å²) in [6.07, 6.45) is 8.00. The summed E-state index contributed by atoms with van der Waals surface area (Å²) in [5.41, 5.74) is 3.83. The molecule has 0 radical (unpaired) electrons. The molecule has 5 rings (SSSR count). The van der Waals surface area contributed by atoms with Gasteiger partial charge in [-0.3, -0.25) is 0 Å². The summed E-state index contributed by atoms with van der Waals surface area (Å²) in [7, 11) is 3.73. The summed E-state index contributed by atoms with van der Waals surface area (Å²) in [5, 5.41) is 0. The van der Waals surface area contributed by atoms with Gasteiger partial charge < -0.3 is 9.47 Å². The highest BCUT2D eigenvalue weighted by Gasteiger charge is 2.74. The fourth-order valence-electron chi connectivity index (χ4n) is 7.04. The zero-order valence-corrected chi connectivity index (χ0v) is 14.6. The molecule has 0 N–H and O–H groups in total. The van der Waals surface area contributed by atoms with E-state index in [1.54, 1.807) is 18.2 Å². The van der Waals surface area contributed by atoms with E-state index in [1.165, 1.54) is 38.5 Å². The Morgan fingerprint density at radius 1 is 1.17 bits per heavy atom. The van der Waals surface area contributed by atoms with Crippen molar-refractivity contribution in [3.63, 3.8) is 0 Å². The fourth-order valence-corrected chi connectivity index (χ4v) is 7.04. The molecule has 0 aliphatic heterocycles. The van der Waals surface area contributed by atoms with Gasteiger partial charge in [0.15, 0.2) is 0 Å². The van der Waals surface area contributed by atoms with Gasteiger partial charge in [-0.1, -0.05) is 13.0 Å². The highest BCUT2D eigenvalue weighted by molar-refractivity contribution is 5.41. The Morgan fingerprint density at radius 3 is 2.83 bits per heavy atom. The Morgan fingerprint density at radius 2 is 2.04 bits per heavy atom. The van der Waals surface area contributed by atoms with Gasteiger partial charge >= 0.3 is 0 Å². The minimum absolute atomic E-state index is 0.239. The van der Waals surface area contributed by atoms with Gasteiger partial charge in [0, 0.05) is 7.11 Å². The molecule has 0 unspecified atom stereocenters. The molecule has 0 aromatic heterocycles. The lowest BCUT2D eigenvalue weighted by Gasteiger charge is -2.52. The number of rotatable bonds is 2. The molecule has 0 saturated heterocycles. The standard InChI is InChI=1S/C21H28O2/c1-20-9-8-17-16-7-5-15(22-2)10-13(16)4-6-18(17)19(20)11-14-12-21(14,20)23-3/h5,7,10,14,17-19H,4,6,8-9,11-12H2,1-3H3/t14-,17+,18+,19-,20-,21-/m0/s1. The first-order chi connectivity index (χ1) is 11.1. The summed E-state index contributed by atoms with van der Waals surface area (Å²) in [6.45, 7) is 2.55. The summed E-state index contributed by atoms with van der Waals surface area (Å²) >= 11 is 0. The van der Waals surface area contributed by atoms with E-state index in [0.717, 1.165) is 29.4 Å². The van der Waals surface area contributed by atoms with Crippen molar-refractivity contribution >= 4 is 0 Å². The molecule has 23 heavy (non-hydrogen) atoms. The second-order valence-corrected chi connectivity index (χ2v) is 8.67. The topological polar surface area (TPSA) is 18.5 Å². The van der Waals surface area contributed by atoms with Gasteiger partial charge in [0.25, 0.3) is 0 Å². The van der Waals surface area contributed by atoms with E-state index >= 15 is 0 Å². The van der Waals surface area contributed by atoms with Crippen LogP contribution in [0.25, 0.3) is 0 Å². The van der Waals surface area contributed by atoms with Crippen LogP contribution < -0.4 is 4.74 Å². The van der Waals surface area contributed by atoms with Crippen molar-refractivity contribution in [3.8, 4) is 5.75 Å². The van der Waals surface area contributed by atoms with Crippen LogP contribution in [0.4, 0.5) is 0 Å². The summed E-state index contributed by atoms with van der Waals surface area (Å²) in [4.78, 5) is 0. The van der Waals surface area contributed by atoms with Crippen LogP contribution in [0.5, 0.6) is 5.75 Å². The van der Waals surface area contributed by atoms with E-state index in [0.29, 0.717) is 5.41 Å². The van der Waals surface area contributed by atoms with Crippen LogP contribution in [-0.4, -0.2) is 19.8 Å². The van der Waals surface area contributed by atoms with Crippen LogP contribution in [0.1, 0.15) is 56.1 Å². The van der Waals surface area contributed by atoms with Crippen molar-refractivity contribution < 1.29 is 9.47 Å². The third-order valence-corrected chi connectivity index (χ3v) is 8.24. The maximum absolute atomic E-state index is 6.11. The average Bonchev–Trinajstić information content (AvgIpc) is 3.25. The van der Waals surface area contributed by atoms with Gasteiger partial charge in [0.05, 0.1) is 12.7 Å². The second-order valence-electron chi connectivity index (χ2n) is 8.67. The Balaban J connectivity index is 1.50. The lowest BCUT2D eigenvalue weighted by atomic mass is 9.54. The van der Waals surface area contributed by atoms with Gasteiger partial charge in [-0.25, -0.2) is 0 Å². The van der Waals surface area contributed by atoms with Gasteiger partial charge in [0.1, 0.15) is 5.75 Å². The molecule has 0 heterocycles. The normalized spacial score (nSPS) is 46.4. The number of ether oxygens (including phenoxy) is 2. The lowest BCUT2D eigenvalue weighted by molar-refractivity contribution is -0.0800. The average molecular weight is 312 g/mol. The van der Waals surface area contributed by atoms with Crippen molar-refractivity contribution in [2.45, 2.75) is 57.0 Å². The molecule has 2 heteroatoms. The molecule has 3 saturated carbocycles. The molecule has 1 aromatic rings. The molecule has 6 atom stereocenters. The van der Waals surface area contributed by atoms with Crippen LogP contribution >= 0.6 is 0 Å². The summed E-state index contributed by atoms with van der Waals surface area (Å²) < 4.78 is 11.5. The van der Waals surface area contributed by atoms with Gasteiger partial charge in [0.2, 0.25) is 0 Å². The van der Waals surface area contributed by atoms with Gasteiger partial charge in [-0.05, 0) is 90.9 Å². The third-order valence-electron chi connectivity index (χ3n) is 8.24. The van der Waals surface area contributed by atoms with E-state index in [9.17, 15) is 0 Å². The van der Waals surface area contributed by atoms with E-state index in [4.69, 9.17) is 9.47 Å². The number of hydrogen-bond donors (Lipinski definition) is 0. The van der Waals surface area contributed by atoms with Crippen LogP contribution in [0, 0.1) is 23.2 Å². The van der Waals surface area contributed by atoms with Crippen molar-refractivity contribution in [2.24, 2.45) is 23.2 Å². The zero-order chi connectivity index (χ0) is 15.8. The third kappa shape index (κ3) is 1.64. The molecule has 1 aromatic carbocycles. The minimum atomic E-state index is 0.239. The van der Waals surface area contributed by atoms with E-state index in [2.05, 4.69) is 25.1 Å². The molecule has 124 valence electrons. The molecular formula is C21H28O2. The second kappa shape index (κ2) is 4.53. The first-order valence-electron chi connectivity index (χ1n) is 9.35. The Labute approximate surface area is 139 Å². The Hall–Kier alpha value is -1.02. The maximum Gasteiger partial charge on any atom is 0.119 e. The molecule has 0 bridgehead atoms. The number of hydrogen-bond acceptors (Lipinski definition) is 2. The zero-order valence-electron chi connectivity index (χ0n) is 14.6. The predicted octanol–water partition coefficient (Wildman–Crippen LogP) is 4.57. The first-order valence-corrected chi connectivity index (χ1v) is 9.35. The number of fused-ring (bicyclic) bond motifs is 7. The van der Waals surface area contributed by atoms with Crippen molar-refractivity contribution in [2.75, 3.05) is 14.2 Å². The van der Waals surface area contributed by atoms with Crippen LogP contribution in [-0.2, 0) is 11.2 Å². The van der Waals surface area contributed by atoms with Crippen LogP contribution in [0.2, 0.25) is 0 Å². The Kier molecular flexibility index (Phi) is 2.83. The summed E-state index contributed by atoms with van der Waals surface area (Å²) in [5.74, 6) is 4.38. The smallest absolute Gasteiger partial charge is 0.119 e. The molecule has 0 amide bonds. The predicted molar refractivity (Wildman–Crippen MR) is 90.8 cm³/mol. The van der Waals surface area contributed by atoms with Crippen LogP contribution in [0.3, 0.4) is 0 Å². The quantitative estimate of drug-likeness (QED) is 0.796. The fraction of sp³-hybridized carbons (Fsp3) is 0.714. The van der Waals surface area contributed by atoms with E-state index < -0.39 is 0 Å². The largest absolute Gasteiger partial charge is 0.497 e. The van der Waals surface area contributed by atoms with Gasteiger partial charge in [-0.15, -0.1) is 0 Å². The van der Waals surface area contributed by atoms with Crippen molar-refractivity contribution in [1.29, 1.82) is 0 Å². The molecule has 4 aliphatic rings. The van der Waals surface area contributed by atoms with E-state index in [-0.39, 0.29) is 5.60 Å². The molecule has 4 aliphatic carbocycles. The van der Waals surface area contributed by atoms with Crippen molar-refractivity contribution in [3.05, 3.63) is 29.3 Å². The highest BCUT2D eigenvalue weighted by Crippen LogP contribution is 2.75. The minimum Gasteiger partial charge on any atom is -0.497 e. The number of methoxy groups -OCH3 is 2. The number of benzene rings is 1. The van der Waals surface area contributed by atoms with E-state index in [1.807, 2.05) is 7.11 Å². The molecule has 3 fully saturated rings. The highest BCUT2D eigenvalue weighted by atomic mass is 16.5. The van der Waals surface area contributed by atoms with Gasteiger partial charge in [-0.2, -0.15) is 0 Å². The summed E-state index contributed by atoms with van der Waals surface area (Å²) in [6, 6.07) is 6.80.